The Labute approximate surface area is 120 Å². The summed E-state index contributed by atoms with van der Waals surface area (Å²) in [5.41, 5.74) is 1.52. The zero-order chi connectivity index (χ0) is 12.6. The van der Waals surface area contributed by atoms with Crippen LogP contribution in [0.25, 0.3) is 0 Å². The largest absolute Gasteiger partial charge is 0.0939 e. The second kappa shape index (κ2) is 8.16. The Morgan fingerprint density at radius 1 is 1.28 bits per heavy atom. The summed E-state index contributed by atoms with van der Waals surface area (Å²) in [6.07, 6.45) is 8.26. The summed E-state index contributed by atoms with van der Waals surface area (Å²) in [5, 5.41) is 0.906. The van der Waals surface area contributed by atoms with Crippen LogP contribution in [0.1, 0.15) is 44.6 Å². The predicted molar refractivity (Wildman–Crippen MR) is 86.2 cm³/mol. The van der Waals surface area contributed by atoms with Gasteiger partial charge in [-0.15, -0.1) is 0 Å². The van der Waals surface area contributed by atoms with E-state index in [1.807, 2.05) is 0 Å². The van der Waals surface area contributed by atoms with Crippen LogP contribution in [0.15, 0.2) is 30.3 Å². The lowest BCUT2D eigenvalue weighted by Gasteiger charge is -2.25. The van der Waals surface area contributed by atoms with Crippen molar-refractivity contribution in [2.24, 2.45) is 5.92 Å². The fourth-order valence-electron chi connectivity index (χ4n) is 2.75. The van der Waals surface area contributed by atoms with Crippen LogP contribution in [-0.2, 0) is 6.42 Å². The molecule has 0 bridgehead atoms. The van der Waals surface area contributed by atoms with Gasteiger partial charge in [-0.2, -0.15) is 0 Å². The average Bonchev–Trinajstić information content (AvgIpc) is 2.41. The maximum absolute atomic E-state index is 2.32. The highest BCUT2D eigenvalue weighted by Crippen LogP contribution is 2.39. The van der Waals surface area contributed by atoms with Crippen molar-refractivity contribution in [2.45, 2.75) is 50.7 Å². The van der Waals surface area contributed by atoms with Gasteiger partial charge in [0.15, 0.2) is 0 Å². The second-order valence-corrected chi connectivity index (χ2v) is 8.05. The van der Waals surface area contributed by atoms with Gasteiger partial charge in [0.05, 0.1) is 0 Å². The molecule has 1 aromatic carbocycles. The van der Waals surface area contributed by atoms with Crippen LogP contribution in [0.4, 0.5) is 0 Å². The molecule has 1 aliphatic rings. The minimum atomic E-state index is 0.883. The molecule has 100 valence electrons. The fourth-order valence-corrected chi connectivity index (χ4v) is 5.68. The van der Waals surface area contributed by atoms with Gasteiger partial charge >= 0.3 is 0 Å². The van der Waals surface area contributed by atoms with Crippen molar-refractivity contribution in [2.75, 3.05) is 5.75 Å². The van der Waals surface area contributed by atoms with E-state index in [9.17, 15) is 0 Å². The average molecular weight is 281 g/mol. The van der Waals surface area contributed by atoms with Gasteiger partial charge in [0, 0.05) is 11.0 Å². The predicted octanol–water partition coefficient (Wildman–Crippen LogP) is 5.58. The molecular formula is C16H24S2. The van der Waals surface area contributed by atoms with Gasteiger partial charge in [0.25, 0.3) is 0 Å². The molecule has 2 atom stereocenters. The van der Waals surface area contributed by atoms with E-state index in [0.717, 1.165) is 11.2 Å². The van der Waals surface area contributed by atoms with E-state index >= 15 is 0 Å². The van der Waals surface area contributed by atoms with E-state index in [-0.39, 0.29) is 0 Å². The van der Waals surface area contributed by atoms with Crippen LogP contribution in [0.5, 0.6) is 0 Å². The standard InChI is InChI=1S/C16H24S2/c1-2-7-15(12-14-8-4-3-5-9-14)13-16-10-6-11-17-18-16/h3-5,8-9,15-16H,2,6-7,10-13H2,1H3. The van der Waals surface area contributed by atoms with E-state index in [2.05, 4.69) is 58.8 Å². The topological polar surface area (TPSA) is 0 Å². The van der Waals surface area contributed by atoms with Gasteiger partial charge in [-0.05, 0) is 37.2 Å². The molecule has 1 heterocycles. The molecule has 0 nitrogen and oxygen atoms in total. The summed E-state index contributed by atoms with van der Waals surface area (Å²) in [4.78, 5) is 0. The molecule has 0 radical (unpaired) electrons. The molecule has 1 fully saturated rings. The first kappa shape index (κ1) is 14.3. The van der Waals surface area contributed by atoms with Gasteiger partial charge in [0.1, 0.15) is 0 Å². The number of rotatable bonds is 6. The Bertz CT molecular complexity index is 317. The molecule has 2 unspecified atom stereocenters. The first-order valence-electron chi connectivity index (χ1n) is 7.20. The van der Waals surface area contributed by atoms with Crippen molar-refractivity contribution in [3.63, 3.8) is 0 Å². The summed E-state index contributed by atoms with van der Waals surface area (Å²) in [7, 11) is 4.23. The Morgan fingerprint density at radius 3 is 2.78 bits per heavy atom. The van der Waals surface area contributed by atoms with Crippen molar-refractivity contribution >= 4 is 21.6 Å². The lowest BCUT2D eigenvalue weighted by atomic mass is 9.90. The highest BCUT2D eigenvalue weighted by atomic mass is 33.1. The number of benzene rings is 1. The molecule has 0 aliphatic carbocycles. The smallest absolute Gasteiger partial charge is 0.0154 e. The first-order chi connectivity index (χ1) is 8.88. The van der Waals surface area contributed by atoms with Crippen LogP contribution in [-0.4, -0.2) is 11.0 Å². The summed E-state index contributed by atoms with van der Waals surface area (Å²) < 4.78 is 0. The Morgan fingerprint density at radius 2 is 2.11 bits per heavy atom. The summed E-state index contributed by atoms with van der Waals surface area (Å²) in [6, 6.07) is 11.0. The van der Waals surface area contributed by atoms with Crippen LogP contribution >= 0.6 is 21.6 Å². The molecule has 0 saturated carbocycles. The quantitative estimate of drug-likeness (QED) is 0.624. The molecule has 2 heteroatoms. The minimum Gasteiger partial charge on any atom is -0.0939 e. The van der Waals surface area contributed by atoms with E-state index in [1.54, 1.807) is 0 Å². The van der Waals surface area contributed by atoms with Gasteiger partial charge in [-0.3, -0.25) is 0 Å². The summed E-state index contributed by atoms with van der Waals surface area (Å²) >= 11 is 0. The molecular weight excluding hydrogens is 256 g/mol. The van der Waals surface area contributed by atoms with E-state index in [1.165, 1.54) is 49.8 Å². The van der Waals surface area contributed by atoms with Crippen LogP contribution in [0, 0.1) is 5.92 Å². The SMILES string of the molecule is CCCC(Cc1ccccc1)CC1CCCSS1. The van der Waals surface area contributed by atoms with Crippen LogP contribution in [0.3, 0.4) is 0 Å². The van der Waals surface area contributed by atoms with Gasteiger partial charge in [-0.1, -0.05) is 71.7 Å². The third kappa shape index (κ3) is 4.89. The zero-order valence-electron chi connectivity index (χ0n) is 11.3. The number of hydrogen-bond acceptors (Lipinski definition) is 2. The molecule has 18 heavy (non-hydrogen) atoms. The molecule has 0 spiro atoms. The lowest BCUT2D eigenvalue weighted by Crippen LogP contribution is -2.15. The Kier molecular flexibility index (Phi) is 6.50. The normalized spacial score (nSPS) is 21.7. The van der Waals surface area contributed by atoms with Crippen molar-refractivity contribution in [3.8, 4) is 0 Å². The molecule has 1 aliphatic heterocycles. The molecule has 2 rings (SSSR count). The third-order valence-electron chi connectivity index (χ3n) is 3.62. The molecule has 1 aromatic rings. The third-order valence-corrected chi connectivity index (χ3v) is 6.63. The zero-order valence-corrected chi connectivity index (χ0v) is 12.9. The van der Waals surface area contributed by atoms with Gasteiger partial charge in [-0.25, -0.2) is 0 Å². The minimum absolute atomic E-state index is 0.883. The van der Waals surface area contributed by atoms with Crippen molar-refractivity contribution in [1.29, 1.82) is 0 Å². The Hall–Kier alpha value is -0.0800. The fraction of sp³-hybridized carbons (Fsp3) is 0.625. The van der Waals surface area contributed by atoms with Gasteiger partial charge in [0.2, 0.25) is 0 Å². The first-order valence-corrected chi connectivity index (χ1v) is 9.59. The van der Waals surface area contributed by atoms with Crippen LogP contribution < -0.4 is 0 Å². The summed E-state index contributed by atoms with van der Waals surface area (Å²) in [5.74, 6) is 2.24. The molecule has 0 aromatic heterocycles. The van der Waals surface area contributed by atoms with E-state index < -0.39 is 0 Å². The highest BCUT2D eigenvalue weighted by molar-refractivity contribution is 8.77. The second-order valence-electron chi connectivity index (χ2n) is 5.26. The molecule has 0 N–H and O–H groups in total. The maximum atomic E-state index is 2.32. The molecule has 0 amide bonds. The van der Waals surface area contributed by atoms with E-state index in [0.29, 0.717) is 0 Å². The molecule has 1 saturated heterocycles. The highest BCUT2D eigenvalue weighted by Gasteiger charge is 2.19. The van der Waals surface area contributed by atoms with E-state index in [4.69, 9.17) is 0 Å². The lowest BCUT2D eigenvalue weighted by molar-refractivity contribution is 0.429. The summed E-state index contributed by atoms with van der Waals surface area (Å²) in [6.45, 7) is 2.32. The van der Waals surface area contributed by atoms with Gasteiger partial charge < -0.3 is 0 Å². The number of hydrogen-bond donors (Lipinski definition) is 0. The van der Waals surface area contributed by atoms with Crippen molar-refractivity contribution < 1.29 is 0 Å². The Balaban J connectivity index is 1.86. The van der Waals surface area contributed by atoms with Crippen LogP contribution in [0.2, 0.25) is 0 Å². The van der Waals surface area contributed by atoms with Crippen molar-refractivity contribution in [3.05, 3.63) is 35.9 Å². The maximum Gasteiger partial charge on any atom is 0.0154 e. The monoisotopic (exact) mass is 280 g/mol. The van der Waals surface area contributed by atoms with Crippen molar-refractivity contribution in [1.82, 2.24) is 0 Å².